The van der Waals surface area contributed by atoms with E-state index in [1.807, 2.05) is 31.1 Å². The molecular weight excluding hydrogens is 294 g/mol. The Morgan fingerprint density at radius 1 is 1.00 bits per heavy atom. The Balaban J connectivity index is 2.33. The van der Waals surface area contributed by atoms with Gasteiger partial charge in [-0.3, -0.25) is 0 Å². The van der Waals surface area contributed by atoms with Gasteiger partial charge in [0.25, 0.3) is 0 Å². The van der Waals surface area contributed by atoms with Crippen molar-refractivity contribution < 1.29 is 0 Å². The van der Waals surface area contributed by atoms with Crippen molar-refractivity contribution in [3.63, 3.8) is 0 Å². The second-order valence-corrected chi connectivity index (χ2v) is 6.80. The van der Waals surface area contributed by atoms with Crippen LogP contribution in [-0.4, -0.2) is 14.1 Å². The van der Waals surface area contributed by atoms with Gasteiger partial charge in [-0.1, -0.05) is 38.1 Å². The predicted molar refractivity (Wildman–Crippen MR) is 97.5 cm³/mol. The van der Waals surface area contributed by atoms with Gasteiger partial charge >= 0.3 is 0 Å². The average molecular weight is 313 g/mol. The van der Waals surface area contributed by atoms with Gasteiger partial charge in [-0.05, 0) is 40.5 Å². The van der Waals surface area contributed by atoms with E-state index >= 15 is 0 Å². The minimum absolute atomic E-state index is 0.0633. The van der Waals surface area contributed by atoms with Crippen LogP contribution in [0.3, 0.4) is 0 Å². The summed E-state index contributed by atoms with van der Waals surface area (Å²) in [7, 11) is 3.96. The molecular formula is C21H19N3. The Labute approximate surface area is 143 Å². The van der Waals surface area contributed by atoms with Crippen LogP contribution < -0.4 is 4.90 Å². The molecule has 2 aromatic rings. The summed E-state index contributed by atoms with van der Waals surface area (Å²) in [6.45, 7) is 4.48. The van der Waals surface area contributed by atoms with Gasteiger partial charge in [0.1, 0.15) is 17.7 Å². The molecule has 2 aromatic carbocycles. The van der Waals surface area contributed by atoms with Crippen molar-refractivity contribution in [1.29, 1.82) is 10.5 Å². The Bertz CT molecular complexity index is 919. The molecule has 24 heavy (non-hydrogen) atoms. The molecule has 3 heteroatoms. The summed E-state index contributed by atoms with van der Waals surface area (Å²) in [4.78, 5) is 2.03. The fraction of sp³-hybridized carbons (Fsp3) is 0.238. The zero-order chi connectivity index (χ0) is 17.5. The highest BCUT2D eigenvalue weighted by Crippen LogP contribution is 2.50. The monoisotopic (exact) mass is 313 g/mol. The normalized spacial score (nSPS) is 13.2. The van der Waals surface area contributed by atoms with Gasteiger partial charge in [0, 0.05) is 30.8 Å². The van der Waals surface area contributed by atoms with E-state index in [2.05, 4.69) is 50.2 Å². The van der Waals surface area contributed by atoms with Gasteiger partial charge in [0.2, 0.25) is 0 Å². The largest absolute Gasteiger partial charge is 0.377 e. The lowest BCUT2D eigenvalue weighted by molar-refractivity contribution is 0.660. The number of nitriles is 2. The molecule has 3 rings (SSSR count). The van der Waals surface area contributed by atoms with Crippen LogP contribution >= 0.6 is 0 Å². The lowest BCUT2D eigenvalue weighted by Crippen LogP contribution is -2.17. The van der Waals surface area contributed by atoms with Crippen LogP contribution in [-0.2, 0) is 5.41 Å². The molecule has 0 heterocycles. The lowest BCUT2D eigenvalue weighted by Gasteiger charge is -2.24. The third-order valence-corrected chi connectivity index (χ3v) is 4.75. The molecule has 3 nitrogen and oxygen atoms in total. The smallest absolute Gasteiger partial charge is 0.130 e. The fourth-order valence-corrected chi connectivity index (χ4v) is 3.50. The van der Waals surface area contributed by atoms with Crippen LogP contribution in [0.4, 0.5) is 5.69 Å². The Hall–Kier alpha value is -3.04. The summed E-state index contributed by atoms with van der Waals surface area (Å²) in [5.41, 5.74) is 6.96. The average Bonchev–Trinajstić information content (AvgIpc) is 2.79. The molecule has 0 atom stereocenters. The molecule has 0 bridgehead atoms. The molecule has 0 saturated heterocycles. The highest BCUT2D eigenvalue weighted by atomic mass is 15.1. The van der Waals surface area contributed by atoms with Gasteiger partial charge in [-0.15, -0.1) is 0 Å². The van der Waals surface area contributed by atoms with Crippen LogP contribution in [0, 0.1) is 22.7 Å². The Kier molecular flexibility index (Phi) is 3.66. The molecule has 118 valence electrons. The molecule has 0 fully saturated rings. The van der Waals surface area contributed by atoms with Crippen molar-refractivity contribution in [2.75, 3.05) is 19.0 Å². The molecule has 0 unspecified atom stereocenters. The maximum absolute atomic E-state index is 9.10. The number of hydrogen-bond acceptors (Lipinski definition) is 3. The number of anilines is 1. The SMILES string of the molecule is CN(C)c1cc2c(cc1C=C(C#N)C#N)-c1ccccc1C2(C)C. The summed E-state index contributed by atoms with van der Waals surface area (Å²) < 4.78 is 0. The van der Waals surface area contributed by atoms with Gasteiger partial charge in [-0.2, -0.15) is 10.5 Å². The van der Waals surface area contributed by atoms with E-state index in [0.29, 0.717) is 0 Å². The maximum atomic E-state index is 9.10. The molecule has 0 aliphatic heterocycles. The first-order valence-electron chi connectivity index (χ1n) is 7.87. The second kappa shape index (κ2) is 5.55. The van der Waals surface area contributed by atoms with E-state index in [9.17, 15) is 0 Å². The third-order valence-electron chi connectivity index (χ3n) is 4.75. The standard InChI is InChI=1S/C21H19N3/c1-21(2)18-8-6-5-7-16(18)17-10-15(9-14(12-22)13-23)20(24(3)4)11-19(17)21/h5-11H,1-4H3. The number of fused-ring (bicyclic) bond motifs is 3. The van der Waals surface area contributed by atoms with Crippen LogP contribution in [0.1, 0.15) is 30.5 Å². The van der Waals surface area contributed by atoms with Crippen molar-refractivity contribution in [2.24, 2.45) is 0 Å². The third kappa shape index (κ3) is 2.27. The highest BCUT2D eigenvalue weighted by Gasteiger charge is 2.35. The fourth-order valence-electron chi connectivity index (χ4n) is 3.50. The summed E-state index contributed by atoms with van der Waals surface area (Å²) >= 11 is 0. The first-order chi connectivity index (χ1) is 11.4. The van der Waals surface area contributed by atoms with Gasteiger partial charge in [-0.25, -0.2) is 0 Å². The van der Waals surface area contributed by atoms with Gasteiger partial charge in [0.05, 0.1) is 0 Å². The van der Waals surface area contributed by atoms with E-state index in [-0.39, 0.29) is 11.0 Å². The molecule has 1 aliphatic rings. The highest BCUT2D eigenvalue weighted by molar-refractivity contribution is 5.87. The number of nitrogens with zero attached hydrogens (tertiary/aromatic N) is 3. The molecule has 0 N–H and O–H groups in total. The lowest BCUT2D eigenvalue weighted by atomic mass is 9.82. The van der Waals surface area contributed by atoms with Crippen LogP contribution in [0.5, 0.6) is 0 Å². The first-order valence-corrected chi connectivity index (χ1v) is 7.87. The van der Waals surface area contributed by atoms with E-state index in [1.165, 1.54) is 22.3 Å². The molecule has 0 radical (unpaired) electrons. The van der Waals surface area contributed by atoms with E-state index in [0.717, 1.165) is 11.3 Å². The number of allylic oxidation sites excluding steroid dienone is 1. The molecule has 1 aliphatic carbocycles. The second-order valence-electron chi connectivity index (χ2n) is 6.80. The predicted octanol–water partition coefficient (Wildman–Crippen LogP) is 4.49. The quantitative estimate of drug-likeness (QED) is 0.768. The van der Waals surface area contributed by atoms with Crippen LogP contribution in [0.15, 0.2) is 42.0 Å². The zero-order valence-corrected chi connectivity index (χ0v) is 14.4. The topological polar surface area (TPSA) is 50.8 Å². The summed E-state index contributed by atoms with van der Waals surface area (Å²) in [5.74, 6) is 0. The van der Waals surface area contributed by atoms with Crippen molar-refractivity contribution in [1.82, 2.24) is 0 Å². The number of benzene rings is 2. The molecule has 0 amide bonds. The minimum Gasteiger partial charge on any atom is -0.377 e. The maximum Gasteiger partial charge on any atom is 0.130 e. The van der Waals surface area contributed by atoms with Crippen molar-refractivity contribution in [2.45, 2.75) is 19.3 Å². The van der Waals surface area contributed by atoms with E-state index in [1.54, 1.807) is 6.08 Å². The number of rotatable bonds is 2. The van der Waals surface area contributed by atoms with E-state index < -0.39 is 0 Å². The van der Waals surface area contributed by atoms with Crippen molar-refractivity contribution >= 4 is 11.8 Å². The molecule has 0 aromatic heterocycles. The van der Waals surface area contributed by atoms with Crippen LogP contribution in [0.2, 0.25) is 0 Å². The summed E-state index contributed by atoms with van der Waals surface area (Å²) in [6, 6.07) is 16.6. The van der Waals surface area contributed by atoms with Gasteiger partial charge in [0.15, 0.2) is 0 Å². The first kappa shape index (κ1) is 15.8. The Morgan fingerprint density at radius 3 is 2.29 bits per heavy atom. The number of hydrogen-bond donors (Lipinski definition) is 0. The van der Waals surface area contributed by atoms with Crippen molar-refractivity contribution in [3.8, 4) is 23.3 Å². The summed E-state index contributed by atoms with van der Waals surface area (Å²) in [6.07, 6.45) is 1.67. The van der Waals surface area contributed by atoms with E-state index in [4.69, 9.17) is 10.5 Å². The zero-order valence-electron chi connectivity index (χ0n) is 14.4. The van der Waals surface area contributed by atoms with Crippen LogP contribution in [0.25, 0.3) is 17.2 Å². The van der Waals surface area contributed by atoms with Gasteiger partial charge < -0.3 is 4.90 Å². The summed E-state index contributed by atoms with van der Waals surface area (Å²) in [5, 5.41) is 18.2. The minimum atomic E-state index is -0.0633. The molecule has 0 spiro atoms. The molecule has 0 saturated carbocycles. The Morgan fingerprint density at radius 2 is 1.67 bits per heavy atom. The van der Waals surface area contributed by atoms with Crippen molar-refractivity contribution in [3.05, 3.63) is 58.7 Å².